The molecule has 0 radical (unpaired) electrons. The number of benzene rings is 4. The van der Waals surface area contributed by atoms with Gasteiger partial charge in [0, 0.05) is 26.7 Å². The zero-order valence-corrected chi connectivity index (χ0v) is 20.2. The van der Waals surface area contributed by atoms with Crippen molar-refractivity contribution < 1.29 is 0 Å². The van der Waals surface area contributed by atoms with Crippen LogP contribution < -0.4 is 0 Å². The predicted octanol–water partition coefficient (Wildman–Crippen LogP) is 8.77. The lowest BCUT2D eigenvalue weighted by Crippen LogP contribution is -1.97. The molecule has 0 atom stereocenters. The fourth-order valence-electron chi connectivity index (χ4n) is 4.75. The molecule has 0 saturated heterocycles. The summed E-state index contributed by atoms with van der Waals surface area (Å²) in [6.07, 6.45) is 1.11. The molecule has 6 aromatic rings. The van der Waals surface area contributed by atoms with E-state index in [1.54, 1.807) is 0 Å². The van der Waals surface area contributed by atoms with E-state index in [-0.39, 0.29) is 0 Å². The highest BCUT2D eigenvalue weighted by Crippen LogP contribution is 2.37. The van der Waals surface area contributed by atoms with Gasteiger partial charge in [0.2, 0.25) is 0 Å². The van der Waals surface area contributed by atoms with Gasteiger partial charge in [0.1, 0.15) is 5.82 Å². The highest BCUT2D eigenvalue weighted by molar-refractivity contribution is 7.17. The van der Waals surface area contributed by atoms with Crippen LogP contribution in [0.4, 0.5) is 0 Å². The second kappa shape index (κ2) is 8.58. The number of imidazole rings is 1. The first-order valence-electron chi connectivity index (χ1n) is 11.8. The molecular formula is C31H26N2S. The third kappa shape index (κ3) is 3.72. The van der Waals surface area contributed by atoms with E-state index >= 15 is 0 Å². The molecule has 166 valence electrons. The standard InChI is InChI=1S/C31H26N2S/c1-21(2)18-22-12-17-26-27(20-34-30(26)19-22)31-32-28-10-6-7-11-29(28)33(31)25-15-13-24(14-16-25)23-8-4-3-5-9-23/h3-17,19-21H,18H2,1-2H3. The third-order valence-electron chi connectivity index (χ3n) is 6.32. The average Bonchev–Trinajstić information content (AvgIpc) is 3.45. The Bertz CT molecular complexity index is 1590. The number of aromatic nitrogens is 2. The SMILES string of the molecule is CC(C)Cc1ccc2c(-c3nc4ccccc4n3-c3ccc(-c4ccccc4)cc3)csc2c1. The number of nitrogens with zero attached hydrogens (tertiary/aromatic N) is 2. The zero-order valence-electron chi connectivity index (χ0n) is 19.4. The van der Waals surface area contributed by atoms with Gasteiger partial charge in [-0.15, -0.1) is 11.3 Å². The Morgan fingerprint density at radius 1 is 0.794 bits per heavy atom. The molecule has 0 unspecified atom stereocenters. The molecule has 6 rings (SSSR count). The topological polar surface area (TPSA) is 17.8 Å². The molecule has 2 heterocycles. The summed E-state index contributed by atoms with van der Waals surface area (Å²) in [6.45, 7) is 4.55. The van der Waals surface area contributed by atoms with E-state index in [0.29, 0.717) is 5.92 Å². The van der Waals surface area contributed by atoms with Crippen molar-refractivity contribution in [3.05, 3.63) is 108 Å². The van der Waals surface area contributed by atoms with Gasteiger partial charge in [-0.3, -0.25) is 4.57 Å². The molecule has 2 aromatic heterocycles. The second-order valence-electron chi connectivity index (χ2n) is 9.25. The van der Waals surface area contributed by atoms with E-state index in [9.17, 15) is 0 Å². The minimum atomic E-state index is 0.653. The maximum atomic E-state index is 5.10. The summed E-state index contributed by atoms with van der Waals surface area (Å²) in [5, 5.41) is 3.54. The third-order valence-corrected chi connectivity index (χ3v) is 7.26. The minimum absolute atomic E-state index is 0.653. The van der Waals surface area contributed by atoms with E-state index in [4.69, 9.17) is 4.98 Å². The molecule has 0 bridgehead atoms. The molecule has 0 aliphatic carbocycles. The van der Waals surface area contributed by atoms with Crippen LogP contribution in [0.15, 0.2) is 102 Å². The summed E-state index contributed by atoms with van der Waals surface area (Å²) < 4.78 is 3.62. The van der Waals surface area contributed by atoms with E-state index in [1.807, 2.05) is 11.3 Å². The molecule has 0 N–H and O–H groups in total. The van der Waals surface area contributed by atoms with Crippen LogP contribution in [0.2, 0.25) is 0 Å². The van der Waals surface area contributed by atoms with Crippen LogP contribution >= 0.6 is 11.3 Å². The van der Waals surface area contributed by atoms with Crippen molar-refractivity contribution in [3.8, 4) is 28.2 Å². The molecule has 2 nitrogen and oxygen atoms in total. The highest BCUT2D eigenvalue weighted by atomic mass is 32.1. The number of thiophene rings is 1. The van der Waals surface area contributed by atoms with E-state index < -0.39 is 0 Å². The van der Waals surface area contributed by atoms with E-state index in [1.165, 1.54) is 32.3 Å². The maximum absolute atomic E-state index is 5.10. The normalized spacial score (nSPS) is 11.6. The van der Waals surface area contributed by atoms with Crippen LogP contribution in [-0.4, -0.2) is 9.55 Å². The fraction of sp³-hybridized carbons (Fsp3) is 0.129. The van der Waals surface area contributed by atoms with Gasteiger partial charge in [-0.25, -0.2) is 4.98 Å². The molecule has 0 saturated carbocycles. The molecule has 0 spiro atoms. The molecule has 34 heavy (non-hydrogen) atoms. The van der Waals surface area contributed by atoms with Crippen molar-refractivity contribution in [3.63, 3.8) is 0 Å². The Kier molecular flexibility index (Phi) is 5.27. The Balaban J connectivity index is 1.50. The van der Waals surface area contributed by atoms with Crippen LogP contribution in [0.1, 0.15) is 19.4 Å². The molecule has 3 heteroatoms. The number of hydrogen-bond acceptors (Lipinski definition) is 2. The Morgan fingerprint density at radius 3 is 2.32 bits per heavy atom. The first-order chi connectivity index (χ1) is 16.7. The van der Waals surface area contributed by atoms with Gasteiger partial charge in [0.05, 0.1) is 11.0 Å². The minimum Gasteiger partial charge on any atom is -0.292 e. The van der Waals surface area contributed by atoms with Gasteiger partial charge in [-0.05, 0) is 59.4 Å². The van der Waals surface area contributed by atoms with Crippen molar-refractivity contribution in [2.75, 3.05) is 0 Å². The van der Waals surface area contributed by atoms with Gasteiger partial charge >= 0.3 is 0 Å². The number of hydrogen-bond donors (Lipinski definition) is 0. The Hall–Kier alpha value is -3.69. The molecule has 4 aromatic carbocycles. The lowest BCUT2D eigenvalue weighted by atomic mass is 10.0. The summed E-state index contributed by atoms with van der Waals surface area (Å²) in [5.41, 5.74) is 8.31. The molecular weight excluding hydrogens is 432 g/mol. The predicted molar refractivity (Wildman–Crippen MR) is 146 cm³/mol. The lowest BCUT2D eigenvalue weighted by molar-refractivity contribution is 0.648. The summed E-state index contributed by atoms with van der Waals surface area (Å²) in [5.74, 6) is 1.65. The molecule has 0 aliphatic heterocycles. The van der Waals surface area contributed by atoms with Crippen LogP contribution in [0.3, 0.4) is 0 Å². The first-order valence-corrected chi connectivity index (χ1v) is 12.7. The van der Waals surface area contributed by atoms with Crippen LogP contribution in [0.5, 0.6) is 0 Å². The van der Waals surface area contributed by atoms with Crippen molar-refractivity contribution in [1.82, 2.24) is 9.55 Å². The number of rotatable bonds is 5. The summed E-state index contributed by atoms with van der Waals surface area (Å²) in [7, 11) is 0. The second-order valence-corrected chi connectivity index (χ2v) is 10.2. The van der Waals surface area contributed by atoms with Crippen molar-refractivity contribution in [2.24, 2.45) is 5.92 Å². The van der Waals surface area contributed by atoms with Gasteiger partial charge in [0.15, 0.2) is 0 Å². The Morgan fingerprint density at radius 2 is 1.53 bits per heavy atom. The van der Waals surface area contributed by atoms with Crippen LogP contribution in [-0.2, 0) is 6.42 Å². The summed E-state index contributed by atoms with van der Waals surface area (Å²) in [4.78, 5) is 5.10. The zero-order chi connectivity index (χ0) is 23.1. The first kappa shape index (κ1) is 20.9. The summed E-state index contributed by atoms with van der Waals surface area (Å²) in [6, 6.07) is 34.7. The molecule has 0 aliphatic rings. The van der Waals surface area contributed by atoms with E-state index in [0.717, 1.165) is 29.0 Å². The molecule has 0 amide bonds. The van der Waals surface area contributed by atoms with E-state index in [2.05, 4.69) is 121 Å². The lowest BCUT2D eigenvalue weighted by Gasteiger charge is -2.11. The van der Waals surface area contributed by atoms with Gasteiger partial charge in [-0.1, -0.05) is 80.6 Å². The van der Waals surface area contributed by atoms with Crippen molar-refractivity contribution in [1.29, 1.82) is 0 Å². The largest absolute Gasteiger partial charge is 0.292 e. The smallest absolute Gasteiger partial charge is 0.147 e. The van der Waals surface area contributed by atoms with Gasteiger partial charge < -0.3 is 0 Å². The Labute approximate surface area is 204 Å². The summed E-state index contributed by atoms with van der Waals surface area (Å²) >= 11 is 1.81. The number of fused-ring (bicyclic) bond motifs is 2. The molecule has 0 fully saturated rings. The average molecular weight is 459 g/mol. The van der Waals surface area contributed by atoms with Gasteiger partial charge in [0.25, 0.3) is 0 Å². The van der Waals surface area contributed by atoms with Crippen molar-refractivity contribution >= 4 is 32.5 Å². The maximum Gasteiger partial charge on any atom is 0.147 e. The quantitative estimate of drug-likeness (QED) is 0.252. The van der Waals surface area contributed by atoms with Gasteiger partial charge in [-0.2, -0.15) is 0 Å². The highest BCUT2D eigenvalue weighted by Gasteiger charge is 2.18. The van der Waals surface area contributed by atoms with Crippen LogP contribution in [0.25, 0.3) is 49.3 Å². The fourth-order valence-corrected chi connectivity index (χ4v) is 5.75. The monoisotopic (exact) mass is 458 g/mol. The van der Waals surface area contributed by atoms with Crippen molar-refractivity contribution in [2.45, 2.75) is 20.3 Å². The number of para-hydroxylation sites is 2. The van der Waals surface area contributed by atoms with Crippen LogP contribution in [0, 0.1) is 5.92 Å².